The van der Waals surface area contributed by atoms with Crippen LogP contribution in [-0.2, 0) is 38.1 Å². The van der Waals surface area contributed by atoms with E-state index >= 15 is 0 Å². The van der Waals surface area contributed by atoms with Crippen molar-refractivity contribution in [3.63, 3.8) is 0 Å². The number of cyclic esters (lactones) is 1. The Bertz CT molecular complexity index is 1440. The first kappa shape index (κ1) is 40.8. The first-order chi connectivity index (χ1) is 24.3. The molecule has 9 atom stereocenters. The molecule has 2 saturated heterocycles. The molecule has 0 saturated carbocycles. The molecule has 12 heteroatoms. The van der Waals surface area contributed by atoms with Crippen LogP contribution in [0.4, 0.5) is 0 Å². The molecule has 11 nitrogen and oxygen atoms in total. The number of aliphatic hydroxyl groups excluding tert-OH is 1. The van der Waals surface area contributed by atoms with E-state index in [9.17, 15) is 29.4 Å². The molecule has 2 bridgehead atoms. The van der Waals surface area contributed by atoms with Crippen molar-refractivity contribution in [2.75, 3.05) is 20.8 Å². The average Bonchev–Trinajstić information content (AvgIpc) is 3.62. The fraction of sp³-hybridized carbons (Fsp3) is 0.641. The molecule has 0 spiro atoms. The summed E-state index contributed by atoms with van der Waals surface area (Å²) in [6.45, 7) is 9.31. The van der Waals surface area contributed by atoms with Gasteiger partial charge in [-0.3, -0.25) is 14.4 Å². The number of piperidine rings is 1. The van der Waals surface area contributed by atoms with Gasteiger partial charge < -0.3 is 34.1 Å². The number of carbonyl (C=O) groups is 4. The van der Waals surface area contributed by atoms with E-state index in [1.165, 1.54) is 30.5 Å². The van der Waals surface area contributed by atoms with Crippen LogP contribution < -0.4 is 0 Å². The molecule has 2 N–H and O–H groups in total. The number of hydrogen-bond donors (Lipinski definition) is 2. The maximum Gasteiger partial charge on any atom is 0.329 e. The lowest BCUT2D eigenvalue weighted by Gasteiger charge is -2.46. The second kappa shape index (κ2) is 18.7. The van der Waals surface area contributed by atoms with Crippen LogP contribution in [-0.4, -0.2) is 102 Å². The molecule has 4 heterocycles. The van der Waals surface area contributed by atoms with Crippen LogP contribution in [0.15, 0.2) is 46.7 Å². The number of methoxy groups -OCH3 is 2. The average molecular weight is 730 g/mol. The Morgan fingerprint density at radius 1 is 1.12 bits per heavy atom. The lowest BCUT2D eigenvalue weighted by molar-refractivity contribution is -0.302. The van der Waals surface area contributed by atoms with Crippen molar-refractivity contribution in [3.8, 4) is 0 Å². The molecule has 4 rings (SSSR count). The maximum atomic E-state index is 14.0. The number of ketones is 2. The van der Waals surface area contributed by atoms with Crippen LogP contribution in [0.1, 0.15) is 90.5 Å². The number of allylic oxidation sites excluding steroid dienone is 3. The SMILES string of the molecule is C=CCC1/C=C(\C)CCC[C@H](OC)C2OC(O)(C(=O)C(=O)N3CCCC[C@H]3C(=O)O[C@H](/C(C)=C/c3ccsc3)C[C@@H](O)CC1=O)C(C)CC2OC. The van der Waals surface area contributed by atoms with Gasteiger partial charge >= 0.3 is 5.97 Å². The molecule has 2 fully saturated rings. The fourth-order valence-corrected chi connectivity index (χ4v) is 8.06. The van der Waals surface area contributed by atoms with Gasteiger partial charge in [0.1, 0.15) is 24.0 Å². The zero-order valence-corrected chi connectivity index (χ0v) is 31.4. The fourth-order valence-electron chi connectivity index (χ4n) is 7.44. The van der Waals surface area contributed by atoms with Crippen LogP contribution in [0.2, 0.25) is 0 Å². The first-order valence-electron chi connectivity index (χ1n) is 18.0. The summed E-state index contributed by atoms with van der Waals surface area (Å²) in [5.41, 5.74) is 2.52. The highest BCUT2D eigenvalue weighted by Crippen LogP contribution is 2.38. The molecule has 282 valence electrons. The van der Waals surface area contributed by atoms with Gasteiger partial charge in [-0.1, -0.05) is 30.7 Å². The van der Waals surface area contributed by atoms with Crippen LogP contribution >= 0.6 is 11.3 Å². The number of hydrogen-bond acceptors (Lipinski definition) is 11. The van der Waals surface area contributed by atoms with E-state index in [-0.39, 0.29) is 38.0 Å². The number of Topliss-reactive ketones (excluding diaryl/α,β-unsaturated/α-hetero) is 2. The smallest absolute Gasteiger partial charge is 0.329 e. The number of nitrogens with zero attached hydrogens (tertiary/aromatic N) is 1. The summed E-state index contributed by atoms with van der Waals surface area (Å²) in [6.07, 6.45) is 5.07. The second-order valence-electron chi connectivity index (χ2n) is 14.3. The number of amides is 1. The Labute approximate surface area is 305 Å². The zero-order valence-electron chi connectivity index (χ0n) is 30.6. The number of thiophene rings is 1. The van der Waals surface area contributed by atoms with Gasteiger partial charge in [-0.25, -0.2) is 4.79 Å². The zero-order chi connectivity index (χ0) is 37.3. The highest BCUT2D eigenvalue weighted by Gasteiger charge is 2.56. The van der Waals surface area contributed by atoms with Crippen molar-refractivity contribution in [1.29, 1.82) is 0 Å². The van der Waals surface area contributed by atoms with Crippen molar-refractivity contribution < 1.29 is 48.3 Å². The highest BCUT2D eigenvalue weighted by atomic mass is 32.1. The first-order valence-corrected chi connectivity index (χ1v) is 19.0. The quantitative estimate of drug-likeness (QED) is 0.228. The van der Waals surface area contributed by atoms with Crippen molar-refractivity contribution in [2.24, 2.45) is 11.8 Å². The normalized spacial score (nSPS) is 35.2. The summed E-state index contributed by atoms with van der Waals surface area (Å²) < 4.78 is 23.8. The number of ether oxygens (including phenoxy) is 4. The van der Waals surface area contributed by atoms with Crippen LogP contribution in [0.5, 0.6) is 0 Å². The number of fused-ring (bicyclic) bond motifs is 3. The van der Waals surface area contributed by atoms with E-state index < -0.39 is 71.8 Å². The standard InChI is InChI=1S/C39H55NO10S/c1-7-11-28-18-24(2)12-10-14-32(47-5)35-34(48-6)20-26(4)39(46,50-35)36(43)37(44)40-16-9-8-13-30(40)38(45)49-33(22-29(41)21-31(28)42)25(3)19-27-15-17-51-23-27/h7,15,17-19,23,26,28-30,32-35,41,46H,1,8-14,16,20-22H2,2-6H3/b24-18+,25-19+/t26?,28?,29-,30-,32-,33-,34?,35?,39?/m0/s1. The van der Waals surface area contributed by atoms with Gasteiger partial charge in [0.05, 0.1) is 18.3 Å². The van der Waals surface area contributed by atoms with Crippen molar-refractivity contribution in [1.82, 2.24) is 4.90 Å². The van der Waals surface area contributed by atoms with E-state index in [1.807, 2.05) is 35.9 Å². The Hall–Kier alpha value is -3.00. The number of carbonyl (C=O) groups excluding carboxylic acids is 4. The molecule has 3 aliphatic rings. The third-order valence-electron chi connectivity index (χ3n) is 10.5. The van der Waals surface area contributed by atoms with Crippen molar-refractivity contribution in [3.05, 3.63) is 52.3 Å². The minimum absolute atomic E-state index is 0.0430. The molecule has 1 aromatic heterocycles. The third kappa shape index (κ3) is 10.1. The van der Waals surface area contributed by atoms with Crippen LogP contribution in [0.25, 0.3) is 6.08 Å². The van der Waals surface area contributed by atoms with Gasteiger partial charge in [-0.05, 0) is 93.2 Å². The largest absolute Gasteiger partial charge is 0.456 e. The van der Waals surface area contributed by atoms with Gasteiger partial charge in [-0.2, -0.15) is 11.3 Å². The van der Waals surface area contributed by atoms with Gasteiger partial charge in [0, 0.05) is 45.4 Å². The molecule has 0 radical (unpaired) electrons. The maximum absolute atomic E-state index is 14.0. The topological polar surface area (TPSA) is 149 Å². The number of esters is 1. The lowest BCUT2D eigenvalue weighted by atomic mass is 9.83. The Kier molecular flexibility index (Phi) is 14.9. The third-order valence-corrected chi connectivity index (χ3v) is 11.2. The van der Waals surface area contributed by atoms with Crippen LogP contribution in [0.3, 0.4) is 0 Å². The Morgan fingerprint density at radius 2 is 1.86 bits per heavy atom. The van der Waals surface area contributed by atoms with E-state index in [1.54, 1.807) is 19.9 Å². The van der Waals surface area contributed by atoms with E-state index in [2.05, 4.69) is 6.58 Å². The molecule has 0 aliphatic carbocycles. The monoisotopic (exact) mass is 729 g/mol. The molecular formula is C39H55NO10S. The van der Waals surface area contributed by atoms with Gasteiger partial charge in [0.25, 0.3) is 11.7 Å². The van der Waals surface area contributed by atoms with Crippen molar-refractivity contribution in [2.45, 2.75) is 127 Å². The summed E-state index contributed by atoms with van der Waals surface area (Å²) in [5, 5.41) is 27.0. The van der Waals surface area contributed by atoms with E-state index in [0.717, 1.165) is 11.1 Å². The van der Waals surface area contributed by atoms with Gasteiger partial charge in [0.15, 0.2) is 0 Å². The predicted molar refractivity (Wildman–Crippen MR) is 194 cm³/mol. The summed E-state index contributed by atoms with van der Waals surface area (Å²) in [4.78, 5) is 56.7. The molecule has 3 aliphatic heterocycles. The minimum Gasteiger partial charge on any atom is -0.456 e. The highest BCUT2D eigenvalue weighted by molar-refractivity contribution is 7.08. The van der Waals surface area contributed by atoms with Crippen LogP contribution in [0, 0.1) is 11.8 Å². The van der Waals surface area contributed by atoms with Gasteiger partial charge in [0.2, 0.25) is 5.79 Å². The van der Waals surface area contributed by atoms with E-state index in [4.69, 9.17) is 18.9 Å². The Balaban J connectivity index is 1.73. The number of rotatable bonds is 6. The van der Waals surface area contributed by atoms with E-state index in [0.29, 0.717) is 44.1 Å². The van der Waals surface area contributed by atoms with Crippen molar-refractivity contribution >= 4 is 40.9 Å². The molecule has 1 amide bonds. The summed E-state index contributed by atoms with van der Waals surface area (Å²) in [6, 6.07) is 0.820. The minimum atomic E-state index is -2.47. The molecule has 1 aromatic rings. The molecular weight excluding hydrogens is 674 g/mol. The predicted octanol–water partition coefficient (Wildman–Crippen LogP) is 5.19. The summed E-state index contributed by atoms with van der Waals surface area (Å²) >= 11 is 1.51. The summed E-state index contributed by atoms with van der Waals surface area (Å²) in [5.74, 6) is -6.82. The second-order valence-corrected chi connectivity index (χ2v) is 15.0. The Morgan fingerprint density at radius 3 is 2.53 bits per heavy atom. The molecule has 0 aromatic carbocycles. The summed E-state index contributed by atoms with van der Waals surface area (Å²) in [7, 11) is 3.05. The molecule has 5 unspecified atom stereocenters. The number of aliphatic hydroxyl groups is 2. The lowest BCUT2D eigenvalue weighted by Crippen LogP contribution is -2.64. The molecule has 51 heavy (non-hydrogen) atoms. The van der Waals surface area contributed by atoms with Gasteiger partial charge in [-0.15, -0.1) is 6.58 Å².